The predicted molar refractivity (Wildman–Crippen MR) is 50.3 cm³/mol. The maximum atomic E-state index is 11.1. The van der Waals surface area contributed by atoms with E-state index in [1.807, 2.05) is 13.0 Å². The first-order valence-electron chi connectivity index (χ1n) is 4.18. The highest BCUT2D eigenvalue weighted by Gasteiger charge is 2.06. The van der Waals surface area contributed by atoms with E-state index in [0.717, 1.165) is 12.0 Å². The summed E-state index contributed by atoms with van der Waals surface area (Å²) in [5.41, 5.74) is 0.720. The summed E-state index contributed by atoms with van der Waals surface area (Å²) in [5.74, 6) is 0.327. The zero-order valence-corrected chi connectivity index (χ0v) is 8.36. The molecular formula is C9H15ClO2. The van der Waals surface area contributed by atoms with Crippen molar-refractivity contribution in [1.82, 2.24) is 0 Å². The summed E-state index contributed by atoms with van der Waals surface area (Å²) < 4.78 is 4.84. The van der Waals surface area contributed by atoms with Crippen molar-refractivity contribution in [3.05, 3.63) is 11.6 Å². The molecule has 70 valence electrons. The van der Waals surface area contributed by atoms with Crippen LogP contribution < -0.4 is 0 Å². The van der Waals surface area contributed by atoms with Gasteiger partial charge in [-0.25, -0.2) is 4.79 Å². The first-order valence-corrected chi connectivity index (χ1v) is 4.71. The molecular weight excluding hydrogens is 176 g/mol. The Hall–Kier alpha value is -0.500. The number of ether oxygens (including phenoxy) is 1. The van der Waals surface area contributed by atoms with Crippen LogP contribution in [0.5, 0.6) is 0 Å². The van der Waals surface area contributed by atoms with Crippen molar-refractivity contribution in [2.24, 2.45) is 0 Å². The maximum Gasteiger partial charge on any atom is 0.333 e. The number of halogens is 1. The molecule has 0 aromatic heterocycles. The fraction of sp³-hybridized carbons (Fsp3) is 0.667. The van der Waals surface area contributed by atoms with Crippen LogP contribution in [0.2, 0.25) is 0 Å². The Bertz CT molecular complexity index is 164. The third-order valence-corrected chi connectivity index (χ3v) is 1.64. The first kappa shape index (κ1) is 11.5. The molecule has 0 N–H and O–H groups in total. The van der Waals surface area contributed by atoms with Crippen LogP contribution in [0.3, 0.4) is 0 Å². The Balaban J connectivity index is 4.04. The van der Waals surface area contributed by atoms with Crippen LogP contribution in [0.15, 0.2) is 11.6 Å². The van der Waals surface area contributed by atoms with Crippen LogP contribution in [0.4, 0.5) is 0 Å². The fourth-order valence-electron chi connectivity index (χ4n) is 0.825. The van der Waals surface area contributed by atoms with Crippen LogP contribution in [0.25, 0.3) is 0 Å². The highest BCUT2D eigenvalue weighted by Crippen LogP contribution is 2.05. The molecule has 0 aliphatic carbocycles. The van der Waals surface area contributed by atoms with Gasteiger partial charge in [0, 0.05) is 11.5 Å². The molecule has 0 aromatic rings. The molecule has 0 saturated heterocycles. The van der Waals surface area contributed by atoms with E-state index in [-0.39, 0.29) is 5.97 Å². The van der Waals surface area contributed by atoms with E-state index in [1.54, 1.807) is 6.92 Å². The second-order valence-electron chi connectivity index (χ2n) is 2.28. The molecule has 0 heterocycles. The molecule has 0 aliphatic heterocycles. The van der Waals surface area contributed by atoms with E-state index in [4.69, 9.17) is 16.3 Å². The lowest BCUT2D eigenvalue weighted by Crippen LogP contribution is -2.06. The van der Waals surface area contributed by atoms with Crippen LogP contribution in [0.1, 0.15) is 26.7 Å². The molecule has 0 fully saturated rings. The van der Waals surface area contributed by atoms with E-state index in [1.165, 1.54) is 0 Å². The minimum Gasteiger partial charge on any atom is -0.463 e. The number of hydrogen-bond acceptors (Lipinski definition) is 2. The van der Waals surface area contributed by atoms with Gasteiger partial charge in [0.05, 0.1) is 6.61 Å². The zero-order valence-electron chi connectivity index (χ0n) is 7.60. The largest absolute Gasteiger partial charge is 0.463 e. The molecule has 0 aromatic carbocycles. The van der Waals surface area contributed by atoms with E-state index in [0.29, 0.717) is 18.9 Å². The van der Waals surface area contributed by atoms with Crippen molar-refractivity contribution in [2.45, 2.75) is 26.7 Å². The first-order chi connectivity index (χ1) is 5.76. The van der Waals surface area contributed by atoms with Crippen molar-refractivity contribution in [3.63, 3.8) is 0 Å². The number of rotatable bonds is 5. The number of carbonyl (C=O) groups is 1. The lowest BCUT2D eigenvalue weighted by molar-refractivity contribution is -0.138. The molecule has 0 aliphatic rings. The fourth-order valence-corrected chi connectivity index (χ4v) is 0.934. The van der Waals surface area contributed by atoms with Crippen molar-refractivity contribution < 1.29 is 9.53 Å². The van der Waals surface area contributed by atoms with Gasteiger partial charge in [-0.05, 0) is 19.8 Å². The van der Waals surface area contributed by atoms with Gasteiger partial charge in [-0.3, -0.25) is 0 Å². The summed E-state index contributed by atoms with van der Waals surface area (Å²) in [7, 11) is 0. The molecule has 2 nitrogen and oxygen atoms in total. The van der Waals surface area contributed by atoms with Crippen LogP contribution in [0, 0.1) is 0 Å². The topological polar surface area (TPSA) is 26.3 Å². The minimum absolute atomic E-state index is 0.217. The van der Waals surface area contributed by atoms with Crippen molar-refractivity contribution in [2.75, 3.05) is 12.5 Å². The van der Waals surface area contributed by atoms with Crippen molar-refractivity contribution in [3.8, 4) is 0 Å². The van der Waals surface area contributed by atoms with Gasteiger partial charge in [0.15, 0.2) is 0 Å². The number of allylic oxidation sites excluding steroid dienone is 1. The number of esters is 1. The lowest BCUT2D eigenvalue weighted by atomic mass is 10.2. The van der Waals surface area contributed by atoms with Gasteiger partial charge in [-0.15, -0.1) is 11.6 Å². The van der Waals surface area contributed by atoms with Crippen molar-refractivity contribution in [1.29, 1.82) is 0 Å². The van der Waals surface area contributed by atoms with Crippen LogP contribution >= 0.6 is 11.6 Å². The SMILES string of the molecule is CCOC(=O)/C(=C/CCCl)CC. The van der Waals surface area contributed by atoms with E-state index in [2.05, 4.69) is 0 Å². The third-order valence-electron chi connectivity index (χ3n) is 1.42. The third kappa shape index (κ3) is 4.39. The molecule has 0 bridgehead atoms. The van der Waals surface area contributed by atoms with Gasteiger partial charge in [0.2, 0.25) is 0 Å². The van der Waals surface area contributed by atoms with Gasteiger partial charge in [0.1, 0.15) is 0 Å². The summed E-state index contributed by atoms with van der Waals surface area (Å²) in [5, 5.41) is 0. The highest BCUT2D eigenvalue weighted by atomic mass is 35.5. The van der Waals surface area contributed by atoms with E-state index >= 15 is 0 Å². The average molecular weight is 191 g/mol. The highest BCUT2D eigenvalue weighted by molar-refractivity contribution is 6.17. The van der Waals surface area contributed by atoms with Crippen molar-refractivity contribution >= 4 is 17.6 Å². The quantitative estimate of drug-likeness (QED) is 0.378. The number of alkyl halides is 1. The van der Waals surface area contributed by atoms with Gasteiger partial charge < -0.3 is 4.74 Å². The van der Waals surface area contributed by atoms with Gasteiger partial charge in [0.25, 0.3) is 0 Å². The Kier molecular flexibility index (Phi) is 6.87. The number of carbonyl (C=O) groups excluding carboxylic acids is 1. The molecule has 0 amide bonds. The van der Waals surface area contributed by atoms with Crippen LogP contribution in [-0.4, -0.2) is 18.5 Å². The monoisotopic (exact) mass is 190 g/mol. The van der Waals surface area contributed by atoms with Crippen LogP contribution in [-0.2, 0) is 9.53 Å². The standard InChI is InChI=1S/C9H15ClO2/c1-3-8(6-5-7-10)9(11)12-4-2/h6H,3-5,7H2,1-2H3/b8-6+. The second-order valence-corrected chi connectivity index (χ2v) is 2.66. The molecule has 0 spiro atoms. The maximum absolute atomic E-state index is 11.1. The second kappa shape index (κ2) is 7.17. The normalized spacial score (nSPS) is 11.4. The van der Waals surface area contributed by atoms with E-state index in [9.17, 15) is 4.79 Å². The Morgan fingerprint density at radius 3 is 2.58 bits per heavy atom. The van der Waals surface area contributed by atoms with Gasteiger partial charge >= 0.3 is 5.97 Å². The molecule has 3 heteroatoms. The zero-order chi connectivity index (χ0) is 9.40. The number of hydrogen-bond donors (Lipinski definition) is 0. The van der Waals surface area contributed by atoms with E-state index < -0.39 is 0 Å². The summed E-state index contributed by atoms with van der Waals surface area (Å²) in [6.45, 7) is 4.15. The predicted octanol–water partition coefficient (Wildman–Crippen LogP) is 2.51. The summed E-state index contributed by atoms with van der Waals surface area (Å²) in [4.78, 5) is 11.1. The molecule has 0 unspecified atom stereocenters. The van der Waals surface area contributed by atoms with Gasteiger partial charge in [-0.2, -0.15) is 0 Å². The molecule has 12 heavy (non-hydrogen) atoms. The summed E-state index contributed by atoms with van der Waals surface area (Å²) in [6.07, 6.45) is 3.27. The molecule has 0 radical (unpaired) electrons. The summed E-state index contributed by atoms with van der Waals surface area (Å²) in [6, 6.07) is 0. The Labute approximate surface area is 78.5 Å². The molecule has 0 rings (SSSR count). The Morgan fingerprint density at radius 1 is 1.50 bits per heavy atom. The smallest absolute Gasteiger partial charge is 0.333 e. The Morgan fingerprint density at radius 2 is 2.17 bits per heavy atom. The van der Waals surface area contributed by atoms with Gasteiger partial charge in [-0.1, -0.05) is 13.0 Å². The molecule has 0 atom stereocenters. The molecule has 0 saturated carbocycles. The average Bonchev–Trinajstić information content (AvgIpc) is 2.06. The minimum atomic E-state index is -0.217. The summed E-state index contributed by atoms with van der Waals surface area (Å²) >= 11 is 5.49. The lowest BCUT2D eigenvalue weighted by Gasteiger charge is -2.03.